The Kier molecular flexibility index (Phi) is 5.97. The number of rotatable bonds is 7. The third-order valence-corrected chi connectivity index (χ3v) is 3.63. The number of hydrogen-bond acceptors (Lipinski definition) is 6. The van der Waals surface area contributed by atoms with E-state index in [0.29, 0.717) is 11.1 Å². The Labute approximate surface area is 138 Å². The molecule has 8 heteroatoms. The summed E-state index contributed by atoms with van der Waals surface area (Å²) in [4.78, 5) is 24.9. The van der Waals surface area contributed by atoms with Gasteiger partial charge < -0.3 is 24.2 Å². The van der Waals surface area contributed by atoms with E-state index in [1.54, 1.807) is 6.92 Å². The van der Waals surface area contributed by atoms with Crippen molar-refractivity contribution in [3.63, 3.8) is 0 Å². The number of methoxy groups -OCH3 is 1. The normalized spacial score (nSPS) is 12.9. The molecule has 2 rings (SSSR count). The van der Waals surface area contributed by atoms with Crippen LogP contribution >= 0.6 is 0 Å². The second-order valence-electron chi connectivity index (χ2n) is 5.28. The molecule has 0 aliphatic carbocycles. The van der Waals surface area contributed by atoms with Crippen LogP contribution < -0.4 is 4.74 Å². The highest BCUT2D eigenvalue weighted by atomic mass is 19.1. The molecule has 0 atom stereocenters. The molecule has 1 aliphatic heterocycles. The van der Waals surface area contributed by atoms with Gasteiger partial charge in [0.25, 0.3) is 0 Å². The number of phenolic OH excluding ortho intramolecular Hbond substituents is 1. The zero-order valence-electron chi connectivity index (χ0n) is 13.6. The van der Waals surface area contributed by atoms with Gasteiger partial charge in [0.2, 0.25) is 5.91 Å². The lowest BCUT2D eigenvalue weighted by molar-refractivity contribution is -0.145. The molecule has 1 aromatic carbocycles. The fourth-order valence-electron chi connectivity index (χ4n) is 2.50. The van der Waals surface area contributed by atoms with Gasteiger partial charge in [-0.2, -0.15) is 0 Å². The highest BCUT2D eigenvalue weighted by molar-refractivity contribution is 5.82. The molecule has 1 aromatic rings. The Morgan fingerprint density at radius 1 is 1.33 bits per heavy atom. The fourth-order valence-corrected chi connectivity index (χ4v) is 2.50. The smallest absolute Gasteiger partial charge is 0.306 e. The minimum absolute atomic E-state index is 0.00649. The molecule has 24 heavy (non-hydrogen) atoms. The quantitative estimate of drug-likeness (QED) is 0.600. The Bertz CT molecular complexity index is 633. The molecule has 1 N–H and O–H groups in total. The summed E-state index contributed by atoms with van der Waals surface area (Å²) < 4.78 is 29.0. The summed E-state index contributed by atoms with van der Waals surface area (Å²) in [5.74, 6) is -2.07. The van der Waals surface area contributed by atoms with Gasteiger partial charge in [0.1, 0.15) is 0 Å². The molecular weight excluding hydrogens is 321 g/mol. The summed E-state index contributed by atoms with van der Waals surface area (Å²) >= 11 is 0. The first-order valence-electron chi connectivity index (χ1n) is 7.56. The van der Waals surface area contributed by atoms with Crippen molar-refractivity contribution in [3.05, 3.63) is 23.0 Å². The molecule has 0 saturated heterocycles. The molecule has 0 unspecified atom stereocenters. The number of halogens is 1. The average molecular weight is 341 g/mol. The zero-order chi connectivity index (χ0) is 17.7. The first-order valence-corrected chi connectivity index (χ1v) is 7.56. The molecule has 0 aromatic heterocycles. The van der Waals surface area contributed by atoms with Crippen LogP contribution in [0.2, 0.25) is 0 Å². The number of amides is 1. The lowest BCUT2D eigenvalue weighted by atomic mass is 10.1. The van der Waals surface area contributed by atoms with Gasteiger partial charge in [0, 0.05) is 32.2 Å². The van der Waals surface area contributed by atoms with Crippen LogP contribution in [0, 0.1) is 5.82 Å². The van der Waals surface area contributed by atoms with Crippen LogP contribution in [0.4, 0.5) is 4.39 Å². The van der Waals surface area contributed by atoms with E-state index in [1.165, 1.54) is 18.1 Å². The Hall–Kier alpha value is -2.35. The maximum Gasteiger partial charge on any atom is 0.306 e. The Morgan fingerprint density at radius 2 is 2.08 bits per heavy atom. The van der Waals surface area contributed by atoms with Gasteiger partial charge in [-0.3, -0.25) is 9.59 Å². The third kappa shape index (κ3) is 3.94. The minimum atomic E-state index is -0.706. The monoisotopic (exact) mass is 341 g/mol. The molecular formula is C16H20FNO6. The van der Waals surface area contributed by atoms with Crippen molar-refractivity contribution in [2.24, 2.45) is 0 Å². The van der Waals surface area contributed by atoms with E-state index in [0.717, 1.165) is 0 Å². The molecule has 1 heterocycles. The van der Waals surface area contributed by atoms with Gasteiger partial charge in [-0.1, -0.05) is 0 Å². The van der Waals surface area contributed by atoms with Crippen LogP contribution in [0.3, 0.4) is 0 Å². The van der Waals surface area contributed by atoms with E-state index in [4.69, 9.17) is 14.2 Å². The van der Waals surface area contributed by atoms with E-state index < -0.39 is 11.8 Å². The van der Waals surface area contributed by atoms with Gasteiger partial charge >= 0.3 is 5.97 Å². The van der Waals surface area contributed by atoms with Crippen molar-refractivity contribution in [1.82, 2.24) is 4.90 Å². The standard InChI is InChI=1S/C16H20FNO6/c1-3-23-14(21)5-4-13(20)18-7-10-6-12(19)16(24-9-22-2)15(17)11(10)8-18/h6,19H,3-5,7-9H2,1-2H3. The van der Waals surface area contributed by atoms with Gasteiger partial charge in [-0.25, -0.2) is 4.39 Å². The number of carbonyl (C=O) groups is 2. The Balaban J connectivity index is 2.05. The van der Waals surface area contributed by atoms with Crippen LogP contribution in [-0.2, 0) is 32.2 Å². The van der Waals surface area contributed by atoms with Crippen molar-refractivity contribution in [1.29, 1.82) is 0 Å². The number of hydrogen-bond donors (Lipinski definition) is 1. The van der Waals surface area contributed by atoms with Gasteiger partial charge in [-0.15, -0.1) is 0 Å². The molecule has 0 bridgehead atoms. The van der Waals surface area contributed by atoms with Crippen LogP contribution in [0.25, 0.3) is 0 Å². The largest absolute Gasteiger partial charge is 0.504 e. The van der Waals surface area contributed by atoms with Crippen LogP contribution in [0.5, 0.6) is 11.5 Å². The van der Waals surface area contributed by atoms with Gasteiger partial charge in [0.15, 0.2) is 24.1 Å². The van der Waals surface area contributed by atoms with Crippen molar-refractivity contribution in [2.45, 2.75) is 32.9 Å². The maximum atomic E-state index is 14.5. The highest BCUT2D eigenvalue weighted by Crippen LogP contribution is 2.38. The average Bonchev–Trinajstić information content (AvgIpc) is 2.97. The van der Waals surface area contributed by atoms with E-state index in [1.807, 2.05) is 0 Å². The lowest BCUT2D eigenvalue weighted by Crippen LogP contribution is -2.26. The van der Waals surface area contributed by atoms with Crippen LogP contribution in [0.1, 0.15) is 30.9 Å². The van der Waals surface area contributed by atoms with Gasteiger partial charge in [-0.05, 0) is 18.6 Å². The molecule has 132 valence electrons. The number of ether oxygens (including phenoxy) is 3. The third-order valence-electron chi connectivity index (χ3n) is 3.63. The zero-order valence-corrected chi connectivity index (χ0v) is 13.6. The van der Waals surface area contributed by atoms with E-state index in [-0.39, 0.29) is 56.7 Å². The van der Waals surface area contributed by atoms with Crippen molar-refractivity contribution < 1.29 is 33.3 Å². The molecule has 1 amide bonds. The first kappa shape index (κ1) is 18.0. The molecule has 1 aliphatic rings. The second kappa shape index (κ2) is 7.96. The number of fused-ring (bicyclic) bond motifs is 1. The van der Waals surface area contributed by atoms with Crippen molar-refractivity contribution >= 4 is 11.9 Å². The molecule has 0 saturated carbocycles. The summed E-state index contributed by atoms with van der Waals surface area (Å²) in [6, 6.07) is 1.38. The van der Waals surface area contributed by atoms with E-state index in [9.17, 15) is 19.1 Å². The van der Waals surface area contributed by atoms with E-state index >= 15 is 0 Å². The van der Waals surface area contributed by atoms with Crippen LogP contribution in [0.15, 0.2) is 6.07 Å². The van der Waals surface area contributed by atoms with Gasteiger partial charge in [0.05, 0.1) is 13.0 Å². The predicted octanol–water partition coefficient (Wildman–Crippen LogP) is 1.70. The van der Waals surface area contributed by atoms with E-state index in [2.05, 4.69) is 0 Å². The maximum absolute atomic E-state index is 14.5. The summed E-state index contributed by atoms with van der Waals surface area (Å²) in [5, 5.41) is 9.86. The molecule has 7 nitrogen and oxygen atoms in total. The number of benzene rings is 1. The molecule has 0 spiro atoms. The number of nitrogens with zero attached hydrogens (tertiary/aromatic N) is 1. The summed E-state index contributed by atoms with van der Waals surface area (Å²) in [5.41, 5.74) is 0.808. The molecule has 0 radical (unpaired) electrons. The number of aromatic hydroxyl groups is 1. The summed E-state index contributed by atoms with van der Waals surface area (Å²) in [6.45, 7) is 1.98. The number of phenols is 1. The number of carbonyl (C=O) groups excluding carboxylic acids is 2. The predicted molar refractivity (Wildman–Crippen MR) is 80.7 cm³/mol. The number of esters is 1. The minimum Gasteiger partial charge on any atom is -0.504 e. The van der Waals surface area contributed by atoms with Crippen LogP contribution in [-0.4, -0.2) is 42.4 Å². The van der Waals surface area contributed by atoms with Crippen molar-refractivity contribution in [3.8, 4) is 11.5 Å². The summed E-state index contributed by atoms with van der Waals surface area (Å²) in [7, 11) is 1.38. The first-order chi connectivity index (χ1) is 11.5. The lowest BCUT2D eigenvalue weighted by Gasteiger charge is -2.14. The topological polar surface area (TPSA) is 85.3 Å². The Morgan fingerprint density at radius 3 is 2.75 bits per heavy atom. The fraction of sp³-hybridized carbons (Fsp3) is 0.500. The second-order valence-corrected chi connectivity index (χ2v) is 5.28. The summed E-state index contributed by atoms with van der Waals surface area (Å²) in [6.07, 6.45) is -0.0249. The highest BCUT2D eigenvalue weighted by Gasteiger charge is 2.29. The molecule has 0 fully saturated rings. The SMILES string of the molecule is CCOC(=O)CCC(=O)N1Cc2cc(O)c(OCOC)c(F)c2C1. The van der Waals surface area contributed by atoms with Crippen molar-refractivity contribution in [2.75, 3.05) is 20.5 Å².